The van der Waals surface area contributed by atoms with Gasteiger partial charge in [0.25, 0.3) is 0 Å². The summed E-state index contributed by atoms with van der Waals surface area (Å²) in [5.74, 6) is -0.260. The molecule has 0 saturated carbocycles. The Labute approximate surface area is 114 Å². The molecule has 4 heteroatoms. The summed E-state index contributed by atoms with van der Waals surface area (Å²) >= 11 is 0. The van der Waals surface area contributed by atoms with Crippen LogP contribution >= 0.6 is 0 Å². The number of benzene rings is 1. The van der Waals surface area contributed by atoms with Crippen molar-refractivity contribution in [2.75, 3.05) is 13.1 Å². The fourth-order valence-corrected chi connectivity index (χ4v) is 1.86. The first kappa shape index (κ1) is 15.6. The van der Waals surface area contributed by atoms with Crippen molar-refractivity contribution < 1.29 is 9.18 Å². The van der Waals surface area contributed by atoms with Gasteiger partial charge in [-0.3, -0.25) is 4.79 Å². The normalized spacial score (nSPS) is 12.2. The molecule has 1 amide bonds. The summed E-state index contributed by atoms with van der Waals surface area (Å²) < 4.78 is 13.4. The molecule has 0 heterocycles. The van der Waals surface area contributed by atoms with Gasteiger partial charge in [0.05, 0.1) is 0 Å². The summed E-state index contributed by atoms with van der Waals surface area (Å²) in [6, 6.07) is 6.70. The molecule has 1 rings (SSSR count). The molecule has 19 heavy (non-hydrogen) atoms. The fraction of sp³-hybridized carbons (Fsp3) is 0.533. The zero-order chi connectivity index (χ0) is 14.1. The number of amides is 1. The maximum atomic E-state index is 13.4. The summed E-state index contributed by atoms with van der Waals surface area (Å²) in [6.07, 6.45) is 3.07. The molecule has 3 N–H and O–H groups in total. The van der Waals surface area contributed by atoms with E-state index < -0.39 is 0 Å². The Balaban J connectivity index is 2.28. The SMILES string of the molecule is CC(CCc1ccccc1F)C(=O)NCCCCN. The summed E-state index contributed by atoms with van der Waals surface area (Å²) in [6.45, 7) is 3.19. The van der Waals surface area contributed by atoms with Gasteiger partial charge in [-0.05, 0) is 43.9 Å². The maximum absolute atomic E-state index is 13.4. The highest BCUT2D eigenvalue weighted by Gasteiger charge is 2.13. The van der Waals surface area contributed by atoms with E-state index in [0.717, 1.165) is 12.8 Å². The Morgan fingerprint density at radius 2 is 2.11 bits per heavy atom. The Bertz CT molecular complexity index is 395. The van der Waals surface area contributed by atoms with Crippen LogP contribution in [0.15, 0.2) is 24.3 Å². The van der Waals surface area contributed by atoms with Gasteiger partial charge in [-0.15, -0.1) is 0 Å². The van der Waals surface area contributed by atoms with Crippen LogP contribution in [-0.2, 0) is 11.2 Å². The van der Waals surface area contributed by atoms with Crippen molar-refractivity contribution in [2.45, 2.75) is 32.6 Å². The van der Waals surface area contributed by atoms with Crippen LogP contribution in [-0.4, -0.2) is 19.0 Å². The van der Waals surface area contributed by atoms with Crippen molar-refractivity contribution in [1.29, 1.82) is 0 Å². The highest BCUT2D eigenvalue weighted by atomic mass is 19.1. The van der Waals surface area contributed by atoms with Crippen LogP contribution in [0.3, 0.4) is 0 Å². The van der Waals surface area contributed by atoms with E-state index in [-0.39, 0.29) is 17.6 Å². The molecule has 0 radical (unpaired) electrons. The van der Waals surface area contributed by atoms with Crippen LogP contribution in [0.2, 0.25) is 0 Å². The van der Waals surface area contributed by atoms with Crippen LogP contribution in [0, 0.1) is 11.7 Å². The average Bonchev–Trinajstić information content (AvgIpc) is 2.42. The highest BCUT2D eigenvalue weighted by molar-refractivity contribution is 5.78. The van der Waals surface area contributed by atoms with Gasteiger partial charge in [0.2, 0.25) is 5.91 Å². The lowest BCUT2D eigenvalue weighted by Crippen LogP contribution is -2.30. The third-order valence-corrected chi connectivity index (χ3v) is 3.18. The lowest BCUT2D eigenvalue weighted by Gasteiger charge is -2.12. The quantitative estimate of drug-likeness (QED) is 0.709. The summed E-state index contributed by atoms with van der Waals surface area (Å²) in [4.78, 5) is 11.8. The minimum atomic E-state index is -0.196. The van der Waals surface area contributed by atoms with Gasteiger partial charge < -0.3 is 11.1 Å². The molecule has 0 aliphatic heterocycles. The molecule has 0 spiro atoms. The summed E-state index contributed by atoms with van der Waals surface area (Å²) in [5.41, 5.74) is 6.05. The number of halogens is 1. The zero-order valence-electron chi connectivity index (χ0n) is 11.5. The predicted octanol–water partition coefficient (Wildman–Crippen LogP) is 2.25. The number of hydrogen-bond acceptors (Lipinski definition) is 2. The van der Waals surface area contributed by atoms with Crippen molar-refractivity contribution >= 4 is 5.91 Å². The number of rotatable bonds is 8. The minimum absolute atomic E-state index is 0.0355. The molecule has 0 aliphatic rings. The van der Waals surface area contributed by atoms with Crippen molar-refractivity contribution in [2.24, 2.45) is 11.7 Å². The second kappa shape index (κ2) is 8.64. The van der Waals surface area contributed by atoms with E-state index in [2.05, 4.69) is 5.32 Å². The van der Waals surface area contributed by atoms with Crippen LogP contribution in [0.1, 0.15) is 31.7 Å². The predicted molar refractivity (Wildman–Crippen MR) is 75.2 cm³/mol. The number of carbonyl (C=O) groups excluding carboxylic acids is 1. The standard InChI is InChI=1S/C15H23FN2O/c1-12(15(19)18-11-5-4-10-17)8-9-13-6-2-3-7-14(13)16/h2-3,6-7,12H,4-5,8-11,17H2,1H3,(H,18,19). The Morgan fingerprint density at radius 1 is 1.37 bits per heavy atom. The molecule has 1 aromatic carbocycles. The van der Waals surface area contributed by atoms with Crippen LogP contribution < -0.4 is 11.1 Å². The Kier molecular flexibility index (Phi) is 7.11. The molecule has 1 aromatic rings. The van der Waals surface area contributed by atoms with Gasteiger partial charge >= 0.3 is 0 Å². The lowest BCUT2D eigenvalue weighted by molar-refractivity contribution is -0.124. The molecule has 1 atom stereocenters. The van der Waals surface area contributed by atoms with Crippen molar-refractivity contribution in [3.63, 3.8) is 0 Å². The van der Waals surface area contributed by atoms with Crippen molar-refractivity contribution in [3.8, 4) is 0 Å². The van der Waals surface area contributed by atoms with Gasteiger partial charge in [-0.2, -0.15) is 0 Å². The van der Waals surface area contributed by atoms with E-state index in [4.69, 9.17) is 5.73 Å². The highest BCUT2D eigenvalue weighted by Crippen LogP contribution is 2.13. The van der Waals surface area contributed by atoms with Crippen LogP contribution in [0.4, 0.5) is 4.39 Å². The van der Waals surface area contributed by atoms with Gasteiger partial charge in [-0.1, -0.05) is 25.1 Å². The average molecular weight is 266 g/mol. The molecule has 0 aliphatic carbocycles. The van der Waals surface area contributed by atoms with E-state index in [1.807, 2.05) is 13.0 Å². The number of carbonyl (C=O) groups is 1. The third kappa shape index (κ3) is 5.83. The minimum Gasteiger partial charge on any atom is -0.356 e. The first-order valence-electron chi connectivity index (χ1n) is 6.86. The molecule has 106 valence electrons. The molecule has 0 saturated heterocycles. The van der Waals surface area contributed by atoms with E-state index in [1.165, 1.54) is 6.07 Å². The molecule has 0 bridgehead atoms. The number of hydrogen-bond donors (Lipinski definition) is 2. The van der Waals surface area contributed by atoms with E-state index in [1.54, 1.807) is 12.1 Å². The number of aryl methyl sites for hydroxylation is 1. The van der Waals surface area contributed by atoms with E-state index in [9.17, 15) is 9.18 Å². The molecule has 1 unspecified atom stereocenters. The van der Waals surface area contributed by atoms with Crippen molar-refractivity contribution in [1.82, 2.24) is 5.32 Å². The monoisotopic (exact) mass is 266 g/mol. The van der Waals surface area contributed by atoms with E-state index in [0.29, 0.717) is 31.5 Å². The Hall–Kier alpha value is -1.42. The maximum Gasteiger partial charge on any atom is 0.222 e. The third-order valence-electron chi connectivity index (χ3n) is 3.18. The zero-order valence-corrected chi connectivity index (χ0v) is 11.5. The van der Waals surface area contributed by atoms with Crippen LogP contribution in [0.25, 0.3) is 0 Å². The van der Waals surface area contributed by atoms with Crippen LogP contribution in [0.5, 0.6) is 0 Å². The first-order valence-corrected chi connectivity index (χ1v) is 6.86. The van der Waals surface area contributed by atoms with Gasteiger partial charge in [0.1, 0.15) is 5.82 Å². The topological polar surface area (TPSA) is 55.1 Å². The van der Waals surface area contributed by atoms with E-state index >= 15 is 0 Å². The van der Waals surface area contributed by atoms with Gasteiger partial charge in [-0.25, -0.2) is 4.39 Å². The fourth-order valence-electron chi connectivity index (χ4n) is 1.86. The lowest BCUT2D eigenvalue weighted by atomic mass is 10.00. The smallest absolute Gasteiger partial charge is 0.222 e. The molecule has 3 nitrogen and oxygen atoms in total. The summed E-state index contributed by atoms with van der Waals surface area (Å²) in [7, 11) is 0. The number of nitrogens with two attached hydrogens (primary N) is 1. The van der Waals surface area contributed by atoms with Crippen molar-refractivity contribution in [3.05, 3.63) is 35.6 Å². The number of nitrogens with one attached hydrogen (secondary N) is 1. The second-order valence-corrected chi connectivity index (χ2v) is 4.82. The Morgan fingerprint density at radius 3 is 2.79 bits per heavy atom. The first-order chi connectivity index (χ1) is 9.15. The molecular weight excluding hydrogens is 243 g/mol. The number of unbranched alkanes of at least 4 members (excludes halogenated alkanes) is 1. The molecular formula is C15H23FN2O. The van der Waals surface area contributed by atoms with Gasteiger partial charge in [0, 0.05) is 12.5 Å². The molecule has 0 fully saturated rings. The summed E-state index contributed by atoms with van der Waals surface area (Å²) in [5, 5.41) is 2.88. The molecule has 0 aromatic heterocycles. The second-order valence-electron chi connectivity index (χ2n) is 4.82. The van der Waals surface area contributed by atoms with Gasteiger partial charge in [0.15, 0.2) is 0 Å². The largest absolute Gasteiger partial charge is 0.356 e.